The molecule has 1 aromatic rings. The highest BCUT2D eigenvalue weighted by molar-refractivity contribution is 7.88. The van der Waals surface area contributed by atoms with Crippen LogP contribution in [0.4, 0.5) is 0 Å². The van der Waals surface area contributed by atoms with E-state index < -0.39 is 15.9 Å². The summed E-state index contributed by atoms with van der Waals surface area (Å²) in [4.78, 5) is 11.9. The summed E-state index contributed by atoms with van der Waals surface area (Å²) in [5, 5.41) is 3.33. The van der Waals surface area contributed by atoms with Gasteiger partial charge in [0.2, 0.25) is 15.9 Å². The molecule has 2 bridgehead atoms. The average Bonchev–Trinajstić information content (AvgIpc) is 2.66. The number of nitrogens with zero attached hydrogens (tertiary/aromatic N) is 1. The molecule has 0 aliphatic carbocycles. The van der Waals surface area contributed by atoms with Gasteiger partial charge in [-0.05, 0) is 17.7 Å². The molecule has 8 heteroatoms. The SMILES string of the molecule is O=C1N[C@@H]2COC[C@H]1CN(S(=O)(=O)Cc1cccc(Cl)c1)C2. The second kappa shape index (κ2) is 6.16. The lowest BCUT2D eigenvalue weighted by atomic mass is 10.1. The molecule has 1 aromatic carbocycles. The monoisotopic (exact) mass is 344 g/mol. The largest absolute Gasteiger partial charge is 0.378 e. The zero-order valence-electron chi connectivity index (χ0n) is 11.9. The van der Waals surface area contributed by atoms with E-state index in [0.29, 0.717) is 17.2 Å². The van der Waals surface area contributed by atoms with E-state index in [1.54, 1.807) is 24.3 Å². The average molecular weight is 345 g/mol. The van der Waals surface area contributed by atoms with Gasteiger partial charge in [0, 0.05) is 18.1 Å². The van der Waals surface area contributed by atoms with Gasteiger partial charge in [-0.1, -0.05) is 23.7 Å². The van der Waals surface area contributed by atoms with E-state index in [1.165, 1.54) is 4.31 Å². The molecule has 6 nitrogen and oxygen atoms in total. The first-order valence-corrected chi connectivity index (χ1v) is 9.03. The molecule has 2 atom stereocenters. The van der Waals surface area contributed by atoms with Crippen LogP contribution in [-0.4, -0.2) is 51.0 Å². The number of hydrogen-bond acceptors (Lipinski definition) is 4. The maximum atomic E-state index is 12.7. The van der Waals surface area contributed by atoms with Crippen LogP contribution in [-0.2, 0) is 25.3 Å². The van der Waals surface area contributed by atoms with Gasteiger partial charge in [-0.2, -0.15) is 4.31 Å². The van der Waals surface area contributed by atoms with Crippen LogP contribution < -0.4 is 5.32 Å². The van der Waals surface area contributed by atoms with Crippen LogP contribution in [0.1, 0.15) is 5.56 Å². The molecular weight excluding hydrogens is 328 g/mol. The fourth-order valence-corrected chi connectivity index (χ4v) is 4.56. The lowest BCUT2D eigenvalue weighted by Gasteiger charge is -2.27. The molecule has 2 heterocycles. The molecule has 0 aromatic heterocycles. The Morgan fingerprint density at radius 2 is 2.14 bits per heavy atom. The van der Waals surface area contributed by atoms with E-state index in [4.69, 9.17) is 16.3 Å². The van der Waals surface area contributed by atoms with Crippen LogP contribution >= 0.6 is 11.6 Å². The number of ether oxygens (including phenoxy) is 1. The van der Waals surface area contributed by atoms with Crippen LogP contribution in [0.5, 0.6) is 0 Å². The third-order valence-electron chi connectivity index (χ3n) is 3.83. The minimum absolute atomic E-state index is 0.123. The Bertz CT molecular complexity index is 679. The van der Waals surface area contributed by atoms with Crippen molar-refractivity contribution in [1.82, 2.24) is 9.62 Å². The number of rotatable bonds is 3. The molecule has 0 spiro atoms. The zero-order chi connectivity index (χ0) is 15.7. The Kier molecular flexibility index (Phi) is 4.40. The van der Waals surface area contributed by atoms with E-state index in [2.05, 4.69) is 5.32 Å². The molecular formula is C14H17ClN2O4S. The molecule has 2 fully saturated rings. The molecule has 1 amide bonds. The summed E-state index contributed by atoms with van der Waals surface area (Å²) >= 11 is 5.90. The number of halogens is 1. The molecule has 2 aliphatic heterocycles. The van der Waals surface area contributed by atoms with E-state index in [9.17, 15) is 13.2 Å². The molecule has 2 saturated heterocycles. The Balaban J connectivity index is 1.81. The first-order valence-electron chi connectivity index (χ1n) is 7.04. The minimum Gasteiger partial charge on any atom is -0.378 e. The molecule has 120 valence electrons. The van der Waals surface area contributed by atoms with Gasteiger partial charge >= 0.3 is 0 Å². The van der Waals surface area contributed by atoms with Gasteiger partial charge in [0.05, 0.1) is 30.9 Å². The maximum absolute atomic E-state index is 12.7. The van der Waals surface area contributed by atoms with Gasteiger partial charge < -0.3 is 10.1 Å². The summed E-state index contributed by atoms with van der Waals surface area (Å²) in [6, 6.07) is 6.50. The highest BCUT2D eigenvalue weighted by atomic mass is 35.5. The molecule has 22 heavy (non-hydrogen) atoms. The Morgan fingerprint density at radius 3 is 2.91 bits per heavy atom. The van der Waals surface area contributed by atoms with Crippen LogP contribution in [0, 0.1) is 5.92 Å². The number of fused-ring (bicyclic) bond motifs is 3. The van der Waals surface area contributed by atoms with Crippen LogP contribution in [0.2, 0.25) is 5.02 Å². The van der Waals surface area contributed by atoms with Crippen molar-refractivity contribution in [3.63, 3.8) is 0 Å². The molecule has 0 saturated carbocycles. The number of amides is 1. The van der Waals surface area contributed by atoms with Gasteiger partial charge in [0.1, 0.15) is 0 Å². The number of carbonyl (C=O) groups excluding carboxylic acids is 1. The van der Waals surface area contributed by atoms with Crippen molar-refractivity contribution < 1.29 is 17.9 Å². The second-order valence-corrected chi connectivity index (χ2v) is 8.05. The van der Waals surface area contributed by atoms with Crippen molar-refractivity contribution in [2.75, 3.05) is 26.3 Å². The predicted octanol–water partition coefficient (Wildman–Crippen LogP) is 0.617. The van der Waals surface area contributed by atoms with Crippen LogP contribution in [0.25, 0.3) is 0 Å². The quantitative estimate of drug-likeness (QED) is 0.872. The Morgan fingerprint density at radius 1 is 1.32 bits per heavy atom. The van der Waals surface area contributed by atoms with Crippen molar-refractivity contribution in [3.05, 3.63) is 34.9 Å². The van der Waals surface area contributed by atoms with Crippen molar-refractivity contribution in [2.24, 2.45) is 5.92 Å². The summed E-state index contributed by atoms with van der Waals surface area (Å²) in [5.74, 6) is -0.716. The first-order chi connectivity index (χ1) is 10.4. The van der Waals surface area contributed by atoms with Gasteiger partial charge in [-0.3, -0.25) is 4.79 Å². The molecule has 0 radical (unpaired) electrons. The molecule has 2 aliphatic rings. The Hall–Kier alpha value is -1.15. The van der Waals surface area contributed by atoms with Gasteiger partial charge in [-0.25, -0.2) is 8.42 Å². The number of sulfonamides is 1. The fourth-order valence-electron chi connectivity index (χ4n) is 2.74. The lowest BCUT2D eigenvalue weighted by molar-refractivity contribution is -0.125. The topological polar surface area (TPSA) is 75.7 Å². The van der Waals surface area contributed by atoms with Crippen LogP contribution in [0.3, 0.4) is 0 Å². The molecule has 0 unspecified atom stereocenters. The normalized spacial score (nSPS) is 26.3. The zero-order valence-corrected chi connectivity index (χ0v) is 13.4. The number of carbonyl (C=O) groups is 1. The summed E-state index contributed by atoms with van der Waals surface area (Å²) in [6.45, 7) is 0.993. The van der Waals surface area contributed by atoms with E-state index in [-0.39, 0.29) is 37.4 Å². The third kappa shape index (κ3) is 3.43. The molecule has 1 N–H and O–H groups in total. The summed E-state index contributed by atoms with van der Waals surface area (Å²) in [7, 11) is -3.52. The third-order valence-corrected chi connectivity index (χ3v) is 5.85. The van der Waals surface area contributed by atoms with E-state index in [1.807, 2.05) is 0 Å². The van der Waals surface area contributed by atoms with Crippen LogP contribution in [0.15, 0.2) is 24.3 Å². The molecule has 3 rings (SSSR count). The first kappa shape index (κ1) is 15.7. The van der Waals surface area contributed by atoms with Gasteiger partial charge in [-0.15, -0.1) is 0 Å². The highest BCUT2D eigenvalue weighted by Crippen LogP contribution is 2.20. The summed E-state index contributed by atoms with van der Waals surface area (Å²) in [6.07, 6.45) is 0. The number of hydrogen-bond donors (Lipinski definition) is 1. The van der Waals surface area contributed by atoms with Crippen molar-refractivity contribution in [1.29, 1.82) is 0 Å². The van der Waals surface area contributed by atoms with Gasteiger partial charge in [0.25, 0.3) is 0 Å². The maximum Gasteiger partial charge on any atom is 0.227 e. The standard InChI is InChI=1S/C14H17ClN2O4S/c15-12-3-1-2-10(4-12)9-22(19,20)17-5-11-7-21-8-13(6-17)16-14(11)18/h1-4,11,13H,5-9H2,(H,16,18)/t11-,13+/m1/s1. The lowest BCUT2D eigenvalue weighted by Crippen LogP contribution is -2.44. The van der Waals surface area contributed by atoms with E-state index >= 15 is 0 Å². The number of nitrogens with one attached hydrogen (secondary N) is 1. The Labute approximate surface area is 134 Å². The highest BCUT2D eigenvalue weighted by Gasteiger charge is 2.37. The summed E-state index contributed by atoms with van der Waals surface area (Å²) in [5.41, 5.74) is 0.637. The number of benzene rings is 1. The van der Waals surface area contributed by atoms with Crippen molar-refractivity contribution >= 4 is 27.5 Å². The van der Waals surface area contributed by atoms with Gasteiger partial charge in [0.15, 0.2) is 0 Å². The van der Waals surface area contributed by atoms with Crippen molar-refractivity contribution in [3.8, 4) is 0 Å². The fraction of sp³-hybridized carbons (Fsp3) is 0.500. The van der Waals surface area contributed by atoms with E-state index in [0.717, 1.165) is 0 Å². The summed E-state index contributed by atoms with van der Waals surface area (Å²) < 4.78 is 32.1. The van der Waals surface area contributed by atoms with Crippen molar-refractivity contribution in [2.45, 2.75) is 11.8 Å². The minimum atomic E-state index is -3.52. The second-order valence-electron chi connectivity index (χ2n) is 5.64. The smallest absolute Gasteiger partial charge is 0.227 e. The predicted molar refractivity (Wildman–Crippen MR) is 81.9 cm³/mol.